The highest BCUT2D eigenvalue weighted by atomic mass is 19.1. The van der Waals surface area contributed by atoms with Crippen LogP contribution in [0.4, 0.5) is 4.39 Å². The summed E-state index contributed by atoms with van der Waals surface area (Å²) in [7, 11) is 0. The summed E-state index contributed by atoms with van der Waals surface area (Å²) in [5.74, 6) is 0.469. The van der Waals surface area contributed by atoms with E-state index in [0.717, 1.165) is 25.2 Å². The summed E-state index contributed by atoms with van der Waals surface area (Å²) in [5, 5.41) is 3.62. The SMILES string of the molecule is CC(C)C1CN(Cc2cccc(F)c2)C(C)(C)CN1. The van der Waals surface area contributed by atoms with Gasteiger partial charge in [-0.2, -0.15) is 0 Å². The van der Waals surface area contributed by atoms with Gasteiger partial charge in [-0.1, -0.05) is 26.0 Å². The Balaban J connectivity index is 2.11. The highest BCUT2D eigenvalue weighted by Gasteiger charge is 2.34. The van der Waals surface area contributed by atoms with E-state index in [-0.39, 0.29) is 11.4 Å². The van der Waals surface area contributed by atoms with E-state index in [9.17, 15) is 4.39 Å². The number of hydrogen-bond donors (Lipinski definition) is 1. The van der Waals surface area contributed by atoms with Crippen molar-refractivity contribution >= 4 is 0 Å². The number of benzene rings is 1. The fraction of sp³-hybridized carbons (Fsp3) is 0.625. The highest BCUT2D eigenvalue weighted by Crippen LogP contribution is 2.23. The van der Waals surface area contributed by atoms with E-state index in [2.05, 4.69) is 37.9 Å². The van der Waals surface area contributed by atoms with Crippen molar-refractivity contribution in [1.82, 2.24) is 10.2 Å². The van der Waals surface area contributed by atoms with Crippen LogP contribution in [-0.2, 0) is 6.54 Å². The average molecular weight is 264 g/mol. The lowest BCUT2D eigenvalue weighted by molar-refractivity contribution is 0.0474. The topological polar surface area (TPSA) is 15.3 Å². The van der Waals surface area contributed by atoms with Crippen molar-refractivity contribution in [2.24, 2.45) is 5.92 Å². The maximum Gasteiger partial charge on any atom is 0.123 e. The van der Waals surface area contributed by atoms with Gasteiger partial charge in [-0.3, -0.25) is 4.90 Å². The minimum atomic E-state index is -0.147. The van der Waals surface area contributed by atoms with Gasteiger partial charge in [0.25, 0.3) is 0 Å². The molecule has 0 aromatic heterocycles. The largest absolute Gasteiger partial charge is 0.311 e. The first-order chi connectivity index (χ1) is 8.88. The molecule has 1 aromatic rings. The van der Waals surface area contributed by atoms with Crippen LogP contribution in [0.2, 0.25) is 0 Å². The Kier molecular flexibility index (Phi) is 4.26. The number of piperazine rings is 1. The van der Waals surface area contributed by atoms with Gasteiger partial charge in [0, 0.05) is 31.2 Å². The van der Waals surface area contributed by atoms with Crippen LogP contribution in [0.5, 0.6) is 0 Å². The molecule has 1 saturated heterocycles. The Hall–Kier alpha value is -0.930. The molecule has 1 fully saturated rings. The van der Waals surface area contributed by atoms with Crippen LogP contribution in [0.3, 0.4) is 0 Å². The summed E-state index contributed by atoms with van der Waals surface area (Å²) in [6, 6.07) is 7.46. The molecule has 3 heteroatoms. The third kappa shape index (κ3) is 3.54. The van der Waals surface area contributed by atoms with Gasteiger partial charge in [0.2, 0.25) is 0 Å². The van der Waals surface area contributed by atoms with Gasteiger partial charge < -0.3 is 5.32 Å². The summed E-state index contributed by atoms with van der Waals surface area (Å²) < 4.78 is 13.3. The predicted molar refractivity (Wildman–Crippen MR) is 77.5 cm³/mol. The Bertz CT molecular complexity index is 429. The summed E-state index contributed by atoms with van der Waals surface area (Å²) in [6.45, 7) is 11.8. The summed E-state index contributed by atoms with van der Waals surface area (Å²) >= 11 is 0. The molecule has 1 aliphatic rings. The predicted octanol–water partition coefficient (Wildman–Crippen LogP) is 3.03. The minimum Gasteiger partial charge on any atom is -0.311 e. The van der Waals surface area contributed by atoms with E-state index >= 15 is 0 Å². The minimum absolute atomic E-state index is 0.109. The van der Waals surface area contributed by atoms with E-state index in [4.69, 9.17) is 0 Å². The van der Waals surface area contributed by atoms with Crippen molar-refractivity contribution in [2.75, 3.05) is 13.1 Å². The zero-order chi connectivity index (χ0) is 14.0. The molecule has 1 heterocycles. The highest BCUT2D eigenvalue weighted by molar-refractivity contribution is 5.17. The van der Waals surface area contributed by atoms with Crippen LogP contribution in [0.1, 0.15) is 33.3 Å². The summed E-state index contributed by atoms with van der Waals surface area (Å²) in [4.78, 5) is 2.46. The maximum atomic E-state index is 13.3. The van der Waals surface area contributed by atoms with Crippen LogP contribution in [-0.4, -0.2) is 29.6 Å². The maximum absolute atomic E-state index is 13.3. The molecule has 0 aliphatic carbocycles. The van der Waals surface area contributed by atoms with Crippen molar-refractivity contribution in [3.05, 3.63) is 35.6 Å². The van der Waals surface area contributed by atoms with Crippen molar-refractivity contribution < 1.29 is 4.39 Å². The monoisotopic (exact) mass is 264 g/mol. The first-order valence-electron chi connectivity index (χ1n) is 7.11. The number of nitrogens with zero attached hydrogens (tertiary/aromatic N) is 1. The van der Waals surface area contributed by atoms with Gasteiger partial charge in [0.15, 0.2) is 0 Å². The molecular formula is C16H25FN2. The number of hydrogen-bond acceptors (Lipinski definition) is 2. The van der Waals surface area contributed by atoms with Crippen molar-refractivity contribution in [3.8, 4) is 0 Å². The van der Waals surface area contributed by atoms with Crippen LogP contribution in [0.15, 0.2) is 24.3 Å². The summed E-state index contributed by atoms with van der Waals surface area (Å²) in [5.41, 5.74) is 1.16. The van der Waals surface area contributed by atoms with Gasteiger partial charge in [0.05, 0.1) is 0 Å². The molecule has 1 N–H and O–H groups in total. The molecule has 0 radical (unpaired) electrons. The molecule has 0 saturated carbocycles. The second-order valence-corrected chi connectivity index (χ2v) is 6.55. The second kappa shape index (κ2) is 5.59. The van der Waals surface area contributed by atoms with Crippen LogP contribution < -0.4 is 5.32 Å². The van der Waals surface area contributed by atoms with E-state index in [1.54, 1.807) is 12.1 Å². The van der Waals surface area contributed by atoms with Gasteiger partial charge in [-0.05, 0) is 37.5 Å². The molecule has 0 bridgehead atoms. The van der Waals surface area contributed by atoms with E-state index in [1.165, 1.54) is 6.07 Å². The smallest absolute Gasteiger partial charge is 0.123 e. The Morgan fingerprint density at radius 1 is 1.42 bits per heavy atom. The molecule has 1 aliphatic heterocycles. The fourth-order valence-electron chi connectivity index (χ4n) is 2.62. The lowest BCUT2D eigenvalue weighted by atomic mass is 9.92. The molecule has 0 spiro atoms. The molecule has 2 nitrogen and oxygen atoms in total. The lowest BCUT2D eigenvalue weighted by Gasteiger charge is -2.47. The van der Waals surface area contributed by atoms with Crippen molar-refractivity contribution in [2.45, 2.75) is 45.8 Å². The number of nitrogens with one attached hydrogen (secondary N) is 1. The second-order valence-electron chi connectivity index (χ2n) is 6.55. The van der Waals surface area contributed by atoms with Gasteiger partial charge >= 0.3 is 0 Å². The first-order valence-corrected chi connectivity index (χ1v) is 7.11. The number of rotatable bonds is 3. The fourth-order valence-corrected chi connectivity index (χ4v) is 2.62. The lowest BCUT2D eigenvalue weighted by Crippen LogP contribution is -2.62. The van der Waals surface area contributed by atoms with Gasteiger partial charge in [-0.25, -0.2) is 4.39 Å². The molecule has 1 atom stereocenters. The van der Waals surface area contributed by atoms with Crippen LogP contribution in [0, 0.1) is 11.7 Å². The zero-order valence-electron chi connectivity index (χ0n) is 12.4. The molecule has 1 aromatic carbocycles. The molecular weight excluding hydrogens is 239 g/mol. The molecule has 2 rings (SSSR count). The van der Waals surface area contributed by atoms with E-state index in [1.807, 2.05) is 6.07 Å². The standard InChI is InChI=1S/C16H25FN2/c1-12(2)15-10-19(16(3,4)11-18-15)9-13-6-5-7-14(17)8-13/h5-8,12,15,18H,9-11H2,1-4H3. The van der Waals surface area contributed by atoms with Gasteiger partial charge in [0.1, 0.15) is 5.82 Å². The summed E-state index contributed by atoms with van der Waals surface area (Å²) in [6.07, 6.45) is 0. The molecule has 19 heavy (non-hydrogen) atoms. The van der Waals surface area contributed by atoms with Crippen molar-refractivity contribution in [3.63, 3.8) is 0 Å². The molecule has 106 valence electrons. The van der Waals surface area contributed by atoms with E-state index in [0.29, 0.717) is 12.0 Å². The average Bonchev–Trinajstić information content (AvgIpc) is 2.31. The van der Waals surface area contributed by atoms with Crippen molar-refractivity contribution in [1.29, 1.82) is 0 Å². The number of halogens is 1. The third-order valence-corrected chi connectivity index (χ3v) is 4.14. The molecule has 0 amide bonds. The Labute approximate surface area is 116 Å². The molecule has 1 unspecified atom stereocenters. The van der Waals surface area contributed by atoms with Crippen LogP contribution >= 0.6 is 0 Å². The quantitative estimate of drug-likeness (QED) is 0.902. The zero-order valence-corrected chi connectivity index (χ0v) is 12.4. The van der Waals surface area contributed by atoms with Gasteiger partial charge in [-0.15, -0.1) is 0 Å². The third-order valence-electron chi connectivity index (χ3n) is 4.14. The normalized spacial score (nSPS) is 23.8. The first kappa shape index (κ1) is 14.5. The Morgan fingerprint density at radius 2 is 2.16 bits per heavy atom. The van der Waals surface area contributed by atoms with E-state index < -0.39 is 0 Å². The Morgan fingerprint density at radius 3 is 2.79 bits per heavy atom. The van der Waals surface area contributed by atoms with Crippen LogP contribution in [0.25, 0.3) is 0 Å².